The molecule has 0 fully saturated rings. The standard InChI is InChI=1S/C17H23N3O2/c1-12-3-4-15-14(11-12)13-5-8-20(9-6-16(13)19-15)17(21)18-7-10-22-2/h3-4,11,19H,5-10H2,1-2H3,(H,18,21). The first-order valence-corrected chi connectivity index (χ1v) is 7.81. The van der Waals surface area contributed by atoms with Crippen LogP contribution in [0.25, 0.3) is 10.9 Å². The van der Waals surface area contributed by atoms with Crippen molar-refractivity contribution in [2.24, 2.45) is 0 Å². The molecule has 1 aliphatic heterocycles. The van der Waals surface area contributed by atoms with Gasteiger partial charge in [-0.05, 0) is 31.0 Å². The Labute approximate surface area is 130 Å². The molecule has 1 aromatic carbocycles. The second-order valence-corrected chi connectivity index (χ2v) is 5.84. The number of rotatable bonds is 3. The first kappa shape index (κ1) is 14.9. The van der Waals surface area contributed by atoms with Gasteiger partial charge in [-0.1, -0.05) is 11.6 Å². The maximum absolute atomic E-state index is 12.2. The van der Waals surface area contributed by atoms with Gasteiger partial charge in [-0.2, -0.15) is 0 Å². The topological polar surface area (TPSA) is 57.4 Å². The molecule has 118 valence electrons. The van der Waals surface area contributed by atoms with Crippen molar-refractivity contribution >= 4 is 16.9 Å². The van der Waals surface area contributed by atoms with Crippen LogP contribution in [0, 0.1) is 6.92 Å². The van der Waals surface area contributed by atoms with Crippen molar-refractivity contribution in [3.63, 3.8) is 0 Å². The van der Waals surface area contributed by atoms with Crippen LogP contribution >= 0.6 is 0 Å². The number of carbonyl (C=O) groups excluding carboxylic acids is 1. The molecule has 3 rings (SSSR count). The lowest BCUT2D eigenvalue weighted by atomic mass is 10.1. The minimum absolute atomic E-state index is 0.00249. The SMILES string of the molecule is COCCNC(=O)N1CCc2[nH]c3ccc(C)cc3c2CC1. The number of urea groups is 1. The molecule has 5 heteroatoms. The molecular formula is C17H23N3O2. The van der Waals surface area contributed by atoms with Crippen LogP contribution in [0.15, 0.2) is 18.2 Å². The zero-order valence-electron chi connectivity index (χ0n) is 13.2. The normalized spacial score (nSPS) is 14.7. The predicted octanol–water partition coefficient (Wildman–Crippen LogP) is 2.23. The summed E-state index contributed by atoms with van der Waals surface area (Å²) in [5.41, 5.74) is 5.11. The van der Waals surface area contributed by atoms with Gasteiger partial charge < -0.3 is 19.9 Å². The third kappa shape index (κ3) is 2.95. The molecule has 0 unspecified atom stereocenters. The van der Waals surface area contributed by atoms with E-state index in [0.29, 0.717) is 13.2 Å². The van der Waals surface area contributed by atoms with Gasteiger partial charge in [0.05, 0.1) is 6.61 Å². The summed E-state index contributed by atoms with van der Waals surface area (Å²) in [5, 5.41) is 4.20. The highest BCUT2D eigenvalue weighted by Gasteiger charge is 2.21. The number of aromatic nitrogens is 1. The first-order valence-electron chi connectivity index (χ1n) is 7.81. The minimum atomic E-state index is 0.00249. The van der Waals surface area contributed by atoms with E-state index >= 15 is 0 Å². The number of benzene rings is 1. The Morgan fingerprint density at radius 2 is 2.18 bits per heavy atom. The second kappa shape index (κ2) is 6.40. The Hall–Kier alpha value is -2.01. The van der Waals surface area contributed by atoms with E-state index in [-0.39, 0.29) is 6.03 Å². The average molecular weight is 301 g/mol. The van der Waals surface area contributed by atoms with E-state index in [1.807, 2.05) is 4.90 Å². The van der Waals surface area contributed by atoms with Crippen LogP contribution in [0.2, 0.25) is 0 Å². The fourth-order valence-corrected chi connectivity index (χ4v) is 3.10. The molecule has 0 aliphatic carbocycles. The fraction of sp³-hybridized carbons (Fsp3) is 0.471. The predicted molar refractivity (Wildman–Crippen MR) is 87.3 cm³/mol. The van der Waals surface area contributed by atoms with Crippen LogP contribution in [0.5, 0.6) is 0 Å². The van der Waals surface area contributed by atoms with Crippen LogP contribution in [0.3, 0.4) is 0 Å². The number of H-pyrrole nitrogens is 1. The van der Waals surface area contributed by atoms with Crippen molar-refractivity contribution < 1.29 is 9.53 Å². The monoisotopic (exact) mass is 301 g/mol. The summed E-state index contributed by atoms with van der Waals surface area (Å²) in [4.78, 5) is 17.6. The smallest absolute Gasteiger partial charge is 0.317 e. The highest BCUT2D eigenvalue weighted by molar-refractivity contribution is 5.85. The van der Waals surface area contributed by atoms with Gasteiger partial charge in [0.25, 0.3) is 0 Å². The van der Waals surface area contributed by atoms with Crippen LogP contribution in [0.1, 0.15) is 16.8 Å². The van der Waals surface area contributed by atoms with Crippen LogP contribution in [0.4, 0.5) is 4.79 Å². The van der Waals surface area contributed by atoms with Gasteiger partial charge in [0.2, 0.25) is 0 Å². The van der Waals surface area contributed by atoms with Crippen LogP contribution in [-0.4, -0.2) is 49.3 Å². The summed E-state index contributed by atoms with van der Waals surface area (Å²) in [6.07, 6.45) is 1.78. The number of methoxy groups -OCH3 is 1. The molecule has 5 nitrogen and oxygen atoms in total. The number of nitrogens with one attached hydrogen (secondary N) is 2. The molecule has 0 atom stereocenters. The summed E-state index contributed by atoms with van der Waals surface area (Å²) in [6.45, 7) is 4.72. The lowest BCUT2D eigenvalue weighted by Gasteiger charge is -2.20. The summed E-state index contributed by atoms with van der Waals surface area (Å²) < 4.78 is 4.96. The number of carbonyl (C=O) groups is 1. The summed E-state index contributed by atoms with van der Waals surface area (Å²) in [7, 11) is 1.64. The summed E-state index contributed by atoms with van der Waals surface area (Å²) in [5.74, 6) is 0. The maximum atomic E-state index is 12.2. The van der Waals surface area contributed by atoms with Gasteiger partial charge in [-0.25, -0.2) is 4.79 Å². The molecule has 2 amide bonds. The fourth-order valence-electron chi connectivity index (χ4n) is 3.10. The van der Waals surface area contributed by atoms with E-state index in [2.05, 4.69) is 35.4 Å². The highest BCUT2D eigenvalue weighted by Crippen LogP contribution is 2.26. The third-order valence-corrected chi connectivity index (χ3v) is 4.28. The Morgan fingerprint density at radius 3 is 3.00 bits per heavy atom. The third-order valence-electron chi connectivity index (χ3n) is 4.28. The van der Waals surface area contributed by atoms with E-state index in [1.165, 1.54) is 27.7 Å². The molecule has 22 heavy (non-hydrogen) atoms. The van der Waals surface area contributed by atoms with E-state index in [1.54, 1.807) is 7.11 Å². The van der Waals surface area contributed by atoms with Crippen molar-refractivity contribution in [3.05, 3.63) is 35.0 Å². The molecular weight excluding hydrogens is 278 g/mol. The van der Waals surface area contributed by atoms with Crippen molar-refractivity contribution in [3.8, 4) is 0 Å². The van der Waals surface area contributed by atoms with Crippen LogP contribution in [-0.2, 0) is 17.6 Å². The number of nitrogens with zero attached hydrogens (tertiary/aromatic N) is 1. The van der Waals surface area contributed by atoms with Crippen molar-refractivity contribution in [1.29, 1.82) is 0 Å². The van der Waals surface area contributed by atoms with Gasteiger partial charge in [0.15, 0.2) is 0 Å². The molecule has 1 aromatic heterocycles. The number of aromatic amines is 1. The second-order valence-electron chi connectivity index (χ2n) is 5.84. The molecule has 0 bridgehead atoms. The number of amides is 2. The molecule has 0 radical (unpaired) electrons. The quantitative estimate of drug-likeness (QED) is 0.854. The van der Waals surface area contributed by atoms with Gasteiger partial charge in [-0.15, -0.1) is 0 Å². The van der Waals surface area contributed by atoms with E-state index < -0.39 is 0 Å². The van der Waals surface area contributed by atoms with Crippen molar-refractivity contribution in [2.75, 3.05) is 33.4 Å². The largest absolute Gasteiger partial charge is 0.383 e. The maximum Gasteiger partial charge on any atom is 0.317 e. The Kier molecular flexibility index (Phi) is 4.34. The van der Waals surface area contributed by atoms with Gasteiger partial charge in [0.1, 0.15) is 0 Å². The zero-order chi connectivity index (χ0) is 15.5. The Morgan fingerprint density at radius 1 is 1.36 bits per heavy atom. The summed E-state index contributed by atoms with van der Waals surface area (Å²) in [6, 6.07) is 6.52. The molecule has 0 spiro atoms. The highest BCUT2D eigenvalue weighted by atomic mass is 16.5. The molecule has 2 aromatic rings. The average Bonchev–Trinajstić information content (AvgIpc) is 2.71. The lowest BCUT2D eigenvalue weighted by molar-refractivity contribution is 0.180. The summed E-state index contributed by atoms with van der Waals surface area (Å²) >= 11 is 0. The number of fused-ring (bicyclic) bond motifs is 3. The Bertz CT molecular complexity index is 678. The van der Waals surface area contributed by atoms with Crippen molar-refractivity contribution in [2.45, 2.75) is 19.8 Å². The van der Waals surface area contributed by atoms with E-state index in [9.17, 15) is 4.79 Å². The van der Waals surface area contributed by atoms with Gasteiger partial charge in [-0.3, -0.25) is 0 Å². The number of aryl methyl sites for hydroxylation is 1. The lowest BCUT2D eigenvalue weighted by Crippen LogP contribution is -2.42. The van der Waals surface area contributed by atoms with E-state index in [4.69, 9.17) is 4.74 Å². The Balaban J connectivity index is 1.73. The molecule has 2 N–H and O–H groups in total. The molecule has 2 heterocycles. The van der Waals surface area contributed by atoms with Gasteiger partial charge >= 0.3 is 6.03 Å². The molecule has 0 saturated heterocycles. The number of hydrogen-bond acceptors (Lipinski definition) is 2. The van der Waals surface area contributed by atoms with Gasteiger partial charge in [0, 0.05) is 49.8 Å². The number of ether oxygens (including phenoxy) is 1. The number of hydrogen-bond donors (Lipinski definition) is 2. The minimum Gasteiger partial charge on any atom is -0.383 e. The zero-order valence-corrected chi connectivity index (χ0v) is 13.2. The molecule has 0 saturated carbocycles. The van der Waals surface area contributed by atoms with E-state index in [0.717, 1.165) is 25.9 Å². The first-order chi connectivity index (χ1) is 10.7. The molecule has 1 aliphatic rings. The van der Waals surface area contributed by atoms with Crippen molar-refractivity contribution in [1.82, 2.24) is 15.2 Å². The van der Waals surface area contributed by atoms with Crippen LogP contribution < -0.4 is 5.32 Å².